The highest BCUT2D eigenvalue weighted by molar-refractivity contribution is 9.10. The van der Waals surface area contributed by atoms with Gasteiger partial charge in [-0.2, -0.15) is 0 Å². The van der Waals surface area contributed by atoms with Crippen LogP contribution in [-0.2, 0) is 9.59 Å². The molecule has 1 rings (SSSR count). The van der Waals surface area contributed by atoms with E-state index in [1.807, 2.05) is 0 Å². The number of benzene rings is 1. The van der Waals surface area contributed by atoms with Crippen molar-refractivity contribution in [2.24, 2.45) is 0 Å². The maximum absolute atomic E-state index is 11.8. The highest BCUT2D eigenvalue weighted by atomic mass is 79.9. The Labute approximate surface area is 111 Å². The molecule has 7 heteroatoms. The largest absolute Gasteiger partial charge is 0.481 e. The molecule has 0 radical (unpaired) electrons. The number of nitrogens with one attached hydrogen (secondary N) is 1. The van der Waals surface area contributed by atoms with Crippen LogP contribution in [0.25, 0.3) is 0 Å². The minimum atomic E-state index is -1.46. The van der Waals surface area contributed by atoms with E-state index in [9.17, 15) is 14.4 Å². The second kappa shape index (κ2) is 6.15. The summed E-state index contributed by atoms with van der Waals surface area (Å²) in [6, 6.07) is 4.99. The third-order valence-corrected chi connectivity index (χ3v) is 2.79. The molecule has 0 spiro atoms. The van der Waals surface area contributed by atoms with Gasteiger partial charge in [0.1, 0.15) is 6.04 Å². The van der Waals surface area contributed by atoms with Crippen molar-refractivity contribution in [3.05, 3.63) is 34.3 Å². The van der Waals surface area contributed by atoms with Gasteiger partial charge < -0.3 is 15.5 Å². The Morgan fingerprint density at radius 1 is 1.22 bits per heavy atom. The summed E-state index contributed by atoms with van der Waals surface area (Å²) in [5.41, 5.74) is 0.245. The van der Waals surface area contributed by atoms with Crippen molar-refractivity contribution in [1.29, 1.82) is 0 Å². The maximum atomic E-state index is 11.8. The number of halogens is 1. The van der Waals surface area contributed by atoms with E-state index in [-0.39, 0.29) is 5.56 Å². The Morgan fingerprint density at radius 2 is 1.83 bits per heavy atom. The quantitative estimate of drug-likeness (QED) is 0.755. The van der Waals surface area contributed by atoms with Gasteiger partial charge in [-0.05, 0) is 28.1 Å². The van der Waals surface area contributed by atoms with E-state index in [1.54, 1.807) is 18.2 Å². The summed E-state index contributed by atoms with van der Waals surface area (Å²) in [4.78, 5) is 33.0. The molecule has 0 bridgehead atoms. The molecular formula is C11H10BrNO5. The van der Waals surface area contributed by atoms with Crippen LogP contribution in [-0.4, -0.2) is 34.1 Å². The third-order valence-electron chi connectivity index (χ3n) is 2.10. The number of rotatable bonds is 5. The lowest BCUT2D eigenvalue weighted by molar-refractivity contribution is -0.145. The summed E-state index contributed by atoms with van der Waals surface area (Å²) in [5, 5.41) is 19.5. The lowest BCUT2D eigenvalue weighted by atomic mass is 10.1. The van der Waals surface area contributed by atoms with Crippen LogP contribution in [0.1, 0.15) is 16.8 Å². The monoisotopic (exact) mass is 315 g/mol. The van der Waals surface area contributed by atoms with Crippen LogP contribution in [0.3, 0.4) is 0 Å². The fourth-order valence-electron chi connectivity index (χ4n) is 1.26. The normalized spacial score (nSPS) is 11.6. The fourth-order valence-corrected chi connectivity index (χ4v) is 1.72. The fraction of sp³-hybridized carbons (Fsp3) is 0.182. The van der Waals surface area contributed by atoms with Gasteiger partial charge in [-0.1, -0.05) is 12.1 Å². The van der Waals surface area contributed by atoms with Crippen molar-refractivity contribution in [3.8, 4) is 0 Å². The smallest absolute Gasteiger partial charge is 0.326 e. The van der Waals surface area contributed by atoms with Crippen LogP contribution in [0.2, 0.25) is 0 Å². The van der Waals surface area contributed by atoms with E-state index in [1.165, 1.54) is 6.07 Å². The minimum Gasteiger partial charge on any atom is -0.481 e. The van der Waals surface area contributed by atoms with Gasteiger partial charge in [0.05, 0.1) is 12.0 Å². The van der Waals surface area contributed by atoms with E-state index in [0.29, 0.717) is 4.47 Å². The molecule has 0 heterocycles. The number of carboxylic acids is 2. The number of carboxylic acid groups (broad SMARTS) is 2. The zero-order valence-corrected chi connectivity index (χ0v) is 10.7. The van der Waals surface area contributed by atoms with Gasteiger partial charge in [-0.15, -0.1) is 0 Å². The molecule has 3 N–H and O–H groups in total. The Morgan fingerprint density at radius 3 is 2.33 bits per heavy atom. The molecule has 0 aliphatic carbocycles. The summed E-state index contributed by atoms with van der Waals surface area (Å²) in [7, 11) is 0. The molecule has 0 unspecified atom stereocenters. The van der Waals surface area contributed by atoms with Crippen LogP contribution < -0.4 is 5.32 Å². The van der Waals surface area contributed by atoms with Crippen molar-refractivity contribution in [3.63, 3.8) is 0 Å². The van der Waals surface area contributed by atoms with Crippen LogP contribution >= 0.6 is 15.9 Å². The molecule has 0 saturated carbocycles. The number of carbonyl (C=O) groups is 3. The Bertz CT molecular complexity index is 488. The number of aliphatic carboxylic acids is 2. The molecule has 1 atom stereocenters. The number of amides is 1. The highest BCUT2D eigenvalue weighted by Gasteiger charge is 2.24. The first-order valence-electron chi connectivity index (χ1n) is 4.92. The van der Waals surface area contributed by atoms with Gasteiger partial charge in [0.15, 0.2) is 0 Å². The SMILES string of the molecule is O=C(O)C[C@@H](NC(=O)c1ccccc1Br)C(=O)O. The first-order valence-corrected chi connectivity index (χ1v) is 5.71. The average molecular weight is 316 g/mol. The summed E-state index contributed by atoms with van der Waals surface area (Å²) in [6.45, 7) is 0. The summed E-state index contributed by atoms with van der Waals surface area (Å²) in [5.74, 6) is -3.33. The van der Waals surface area contributed by atoms with E-state index in [2.05, 4.69) is 21.2 Å². The topological polar surface area (TPSA) is 104 Å². The highest BCUT2D eigenvalue weighted by Crippen LogP contribution is 2.15. The van der Waals surface area contributed by atoms with Gasteiger partial charge in [0.2, 0.25) is 0 Å². The van der Waals surface area contributed by atoms with E-state index in [0.717, 1.165) is 0 Å². The molecule has 6 nitrogen and oxygen atoms in total. The Hall–Kier alpha value is -1.89. The Balaban J connectivity index is 2.82. The maximum Gasteiger partial charge on any atom is 0.326 e. The van der Waals surface area contributed by atoms with Crippen molar-refractivity contribution in [2.75, 3.05) is 0 Å². The standard InChI is InChI=1S/C11H10BrNO5/c12-7-4-2-1-3-6(7)10(16)13-8(11(17)18)5-9(14)15/h1-4,8H,5H2,(H,13,16)(H,14,15)(H,17,18)/t8-/m1/s1. The molecule has 1 aromatic rings. The Kier molecular flexibility index (Phi) is 4.85. The van der Waals surface area contributed by atoms with Gasteiger partial charge >= 0.3 is 11.9 Å². The molecule has 0 aliphatic heterocycles. The molecule has 96 valence electrons. The van der Waals surface area contributed by atoms with Crippen molar-refractivity contribution in [1.82, 2.24) is 5.32 Å². The molecule has 18 heavy (non-hydrogen) atoms. The summed E-state index contributed by atoms with van der Waals surface area (Å²) in [6.07, 6.45) is -0.675. The van der Waals surface area contributed by atoms with Crippen LogP contribution in [0.5, 0.6) is 0 Å². The van der Waals surface area contributed by atoms with Crippen LogP contribution in [0.4, 0.5) is 0 Å². The first-order chi connectivity index (χ1) is 8.41. The van der Waals surface area contributed by atoms with Crippen LogP contribution in [0.15, 0.2) is 28.7 Å². The summed E-state index contributed by atoms with van der Waals surface area (Å²) >= 11 is 3.15. The predicted molar refractivity (Wildman–Crippen MR) is 65.3 cm³/mol. The average Bonchev–Trinajstić information content (AvgIpc) is 2.27. The minimum absolute atomic E-state index is 0.245. The molecule has 0 saturated heterocycles. The van der Waals surface area contributed by atoms with Crippen molar-refractivity contribution in [2.45, 2.75) is 12.5 Å². The van der Waals surface area contributed by atoms with E-state index < -0.39 is 30.3 Å². The molecule has 0 aromatic heterocycles. The van der Waals surface area contributed by atoms with Crippen LogP contribution in [0, 0.1) is 0 Å². The lowest BCUT2D eigenvalue weighted by Crippen LogP contribution is -2.42. The first kappa shape index (κ1) is 14.2. The second-order valence-electron chi connectivity index (χ2n) is 3.44. The predicted octanol–water partition coefficient (Wildman–Crippen LogP) is 1.11. The zero-order valence-electron chi connectivity index (χ0n) is 9.09. The van der Waals surface area contributed by atoms with E-state index in [4.69, 9.17) is 10.2 Å². The molecule has 0 fully saturated rings. The molecule has 0 aliphatic rings. The van der Waals surface area contributed by atoms with E-state index >= 15 is 0 Å². The zero-order chi connectivity index (χ0) is 13.7. The number of carbonyl (C=O) groups excluding carboxylic acids is 1. The third kappa shape index (κ3) is 3.85. The second-order valence-corrected chi connectivity index (χ2v) is 4.30. The lowest BCUT2D eigenvalue weighted by Gasteiger charge is -2.12. The molecule has 1 amide bonds. The number of hydrogen-bond donors (Lipinski definition) is 3. The number of hydrogen-bond acceptors (Lipinski definition) is 3. The van der Waals surface area contributed by atoms with Gasteiger partial charge in [0.25, 0.3) is 5.91 Å². The van der Waals surface area contributed by atoms with Crippen molar-refractivity contribution < 1.29 is 24.6 Å². The van der Waals surface area contributed by atoms with Gasteiger partial charge in [-0.3, -0.25) is 9.59 Å². The van der Waals surface area contributed by atoms with Gasteiger partial charge in [0, 0.05) is 4.47 Å². The van der Waals surface area contributed by atoms with Gasteiger partial charge in [-0.25, -0.2) is 4.79 Å². The molecule has 1 aromatic carbocycles. The summed E-state index contributed by atoms with van der Waals surface area (Å²) < 4.78 is 0.502. The molecular weight excluding hydrogens is 306 g/mol. The van der Waals surface area contributed by atoms with Crippen molar-refractivity contribution >= 4 is 33.8 Å².